The van der Waals surface area contributed by atoms with E-state index in [1.165, 1.54) is 4.40 Å². The summed E-state index contributed by atoms with van der Waals surface area (Å²) in [7, 11) is 0. The lowest BCUT2D eigenvalue weighted by Gasteiger charge is -2.14. The van der Waals surface area contributed by atoms with Gasteiger partial charge in [0.2, 0.25) is 5.95 Å². The highest BCUT2D eigenvalue weighted by Gasteiger charge is 2.23. The lowest BCUT2D eigenvalue weighted by Crippen LogP contribution is -2.13. The van der Waals surface area contributed by atoms with Crippen molar-refractivity contribution in [1.82, 2.24) is 9.38 Å². The van der Waals surface area contributed by atoms with E-state index >= 15 is 0 Å². The zero-order chi connectivity index (χ0) is 10.3. The number of hydrogen-bond acceptors (Lipinski definition) is 1. The number of nitrogens with zero attached hydrogens (tertiary/aromatic N) is 2. The van der Waals surface area contributed by atoms with Crippen molar-refractivity contribution in [2.24, 2.45) is 0 Å². The second-order valence-corrected chi connectivity index (χ2v) is 4.43. The van der Waals surface area contributed by atoms with Crippen LogP contribution in [0.25, 0.3) is 5.65 Å². The molecule has 0 aliphatic rings. The molecule has 0 aromatic carbocycles. The second kappa shape index (κ2) is 2.80. The number of halogens is 1. The minimum absolute atomic E-state index is 0.254. The van der Waals surface area contributed by atoms with Crippen molar-refractivity contribution in [3.8, 4) is 0 Å². The molecule has 0 saturated heterocycles. The molecule has 2 nitrogen and oxygen atoms in total. The molecule has 0 unspecified atom stereocenters. The lowest BCUT2D eigenvalue weighted by molar-refractivity contribution is 0.489. The Morgan fingerprint density at radius 3 is 2.57 bits per heavy atom. The van der Waals surface area contributed by atoms with Crippen molar-refractivity contribution in [1.29, 1.82) is 0 Å². The van der Waals surface area contributed by atoms with Crippen LogP contribution < -0.4 is 0 Å². The summed E-state index contributed by atoms with van der Waals surface area (Å²) in [4.78, 5) is 4.27. The van der Waals surface area contributed by atoms with E-state index in [1.54, 1.807) is 18.3 Å². The lowest BCUT2D eigenvalue weighted by atomic mass is 9.93. The van der Waals surface area contributed by atoms with Gasteiger partial charge in [0, 0.05) is 11.6 Å². The van der Waals surface area contributed by atoms with Crippen LogP contribution in [0.5, 0.6) is 0 Å². The SMILES string of the molecule is CC(C)(C)c1nc2ccccn2c1F. The normalized spacial score (nSPS) is 12.3. The third-order valence-electron chi connectivity index (χ3n) is 2.18. The van der Waals surface area contributed by atoms with Crippen molar-refractivity contribution in [2.75, 3.05) is 0 Å². The van der Waals surface area contributed by atoms with E-state index in [2.05, 4.69) is 4.98 Å². The molecule has 0 N–H and O–H groups in total. The first-order valence-corrected chi connectivity index (χ1v) is 4.63. The summed E-state index contributed by atoms with van der Waals surface area (Å²) in [6.07, 6.45) is 1.69. The number of hydrogen-bond donors (Lipinski definition) is 0. The molecule has 0 aliphatic carbocycles. The van der Waals surface area contributed by atoms with E-state index in [0.29, 0.717) is 11.3 Å². The van der Waals surface area contributed by atoms with Crippen molar-refractivity contribution in [3.05, 3.63) is 36.0 Å². The number of fused-ring (bicyclic) bond motifs is 1. The zero-order valence-corrected chi connectivity index (χ0v) is 8.58. The fraction of sp³-hybridized carbons (Fsp3) is 0.364. The topological polar surface area (TPSA) is 17.3 Å². The summed E-state index contributed by atoms with van der Waals surface area (Å²) in [6, 6.07) is 5.46. The first-order valence-electron chi connectivity index (χ1n) is 4.63. The van der Waals surface area contributed by atoms with Crippen LogP contribution in [-0.4, -0.2) is 9.38 Å². The molecule has 2 heterocycles. The maximum Gasteiger partial charge on any atom is 0.221 e. The number of aromatic nitrogens is 2. The monoisotopic (exact) mass is 192 g/mol. The van der Waals surface area contributed by atoms with Gasteiger partial charge in [-0.25, -0.2) is 4.98 Å². The second-order valence-electron chi connectivity index (χ2n) is 4.43. The first-order chi connectivity index (χ1) is 6.50. The molecule has 0 radical (unpaired) electrons. The largest absolute Gasteiger partial charge is 0.276 e. The molecular weight excluding hydrogens is 179 g/mol. The van der Waals surface area contributed by atoms with Crippen LogP contribution in [0.15, 0.2) is 24.4 Å². The van der Waals surface area contributed by atoms with Gasteiger partial charge in [0.05, 0.1) is 0 Å². The third-order valence-corrected chi connectivity index (χ3v) is 2.18. The molecule has 0 spiro atoms. The minimum Gasteiger partial charge on any atom is -0.276 e. The Bertz CT molecular complexity index is 466. The third kappa shape index (κ3) is 1.29. The summed E-state index contributed by atoms with van der Waals surface area (Å²) < 4.78 is 15.3. The van der Waals surface area contributed by atoms with Crippen LogP contribution in [-0.2, 0) is 5.41 Å². The van der Waals surface area contributed by atoms with Gasteiger partial charge in [0.15, 0.2) is 0 Å². The summed E-state index contributed by atoms with van der Waals surface area (Å²) in [5, 5.41) is 0. The summed E-state index contributed by atoms with van der Waals surface area (Å²) in [6.45, 7) is 5.87. The van der Waals surface area contributed by atoms with Crippen LogP contribution in [0.1, 0.15) is 26.5 Å². The van der Waals surface area contributed by atoms with E-state index in [0.717, 1.165) is 0 Å². The molecule has 74 valence electrons. The van der Waals surface area contributed by atoms with Gasteiger partial charge in [-0.1, -0.05) is 26.8 Å². The zero-order valence-electron chi connectivity index (χ0n) is 8.58. The molecule has 2 aromatic rings. The molecule has 14 heavy (non-hydrogen) atoms. The number of pyridine rings is 1. The Kier molecular flexibility index (Phi) is 1.84. The van der Waals surface area contributed by atoms with Gasteiger partial charge in [0.1, 0.15) is 11.3 Å². The Hall–Kier alpha value is -1.38. The molecule has 0 aliphatic heterocycles. The van der Waals surface area contributed by atoms with Gasteiger partial charge in [-0.2, -0.15) is 4.39 Å². The van der Waals surface area contributed by atoms with Crippen LogP contribution in [0.3, 0.4) is 0 Å². The first kappa shape index (κ1) is 9.19. The number of rotatable bonds is 0. The van der Waals surface area contributed by atoms with Crippen LogP contribution in [0, 0.1) is 5.95 Å². The van der Waals surface area contributed by atoms with Gasteiger partial charge < -0.3 is 0 Å². The van der Waals surface area contributed by atoms with Gasteiger partial charge in [-0.3, -0.25) is 4.40 Å². The van der Waals surface area contributed by atoms with Crippen LogP contribution in [0.4, 0.5) is 4.39 Å². The van der Waals surface area contributed by atoms with Crippen molar-refractivity contribution < 1.29 is 4.39 Å². The smallest absolute Gasteiger partial charge is 0.221 e. The van der Waals surface area contributed by atoms with E-state index in [4.69, 9.17) is 0 Å². The maximum atomic E-state index is 13.8. The molecule has 0 fully saturated rings. The predicted molar refractivity (Wildman–Crippen MR) is 53.9 cm³/mol. The molecule has 0 bridgehead atoms. The summed E-state index contributed by atoms with van der Waals surface area (Å²) in [5.41, 5.74) is 0.925. The standard InChI is InChI=1S/C11H13FN2/c1-11(2,3)9-10(12)14-7-5-4-6-8(14)13-9/h4-7H,1-3H3. The maximum absolute atomic E-state index is 13.8. The highest BCUT2D eigenvalue weighted by atomic mass is 19.1. The average molecular weight is 192 g/mol. The Labute approximate surface area is 82.4 Å². The number of imidazole rings is 1. The van der Waals surface area contributed by atoms with E-state index < -0.39 is 0 Å². The quantitative estimate of drug-likeness (QED) is 0.627. The van der Waals surface area contributed by atoms with Crippen molar-refractivity contribution >= 4 is 5.65 Å². The van der Waals surface area contributed by atoms with E-state index in [1.807, 2.05) is 26.8 Å². The highest BCUT2D eigenvalue weighted by molar-refractivity contribution is 5.41. The predicted octanol–water partition coefficient (Wildman–Crippen LogP) is 2.77. The van der Waals surface area contributed by atoms with Crippen molar-refractivity contribution in [3.63, 3.8) is 0 Å². The van der Waals surface area contributed by atoms with Gasteiger partial charge in [-0.05, 0) is 12.1 Å². The Balaban J connectivity index is 2.75. The minimum atomic E-state index is -0.256. The molecule has 0 amide bonds. The van der Waals surface area contributed by atoms with E-state index in [-0.39, 0.29) is 11.4 Å². The Morgan fingerprint density at radius 2 is 2.00 bits per heavy atom. The van der Waals surface area contributed by atoms with Gasteiger partial charge in [-0.15, -0.1) is 0 Å². The van der Waals surface area contributed by atoms with Gasteiger partial charge >= 0.3 is 0 Å². The molecular formula is C11H13FN2. The molecule has 2 rings (SSSR count). The highest BCUT2D eigenvalue weighted by Crippen LogP contribution is 2.24. The van der Waals surface area contributed by atoms with Gasteiger partial charge in [0.25, 0.3) is 0 Å². The van der Waals surface area contributed by atoms with E-state index in [9.17, 15) is 4.39 Å². The van der Waals surface area contributed by atoms with Crippen LogP contribution >= 0.6 is 0 Å². The molecule has 2 aromatic heterocycles. The average Bonchev–Trinajstić information content (AvgIpc) is 2.44. The fourth-order valence-corrected chi connectivity index (χ4v) is 1.44. The Morgan fingerprint density at radius 1 is 1.29 bits per heavy atom. The molecule has 0 atom stereocenters. The molecule has 3 heteroatoms. The van der Waals surface area contributed by atoms with Crippen molar-refractivity contribution in [2.45, 2.75) is 26.2 Å². The summed E-state index contributed by atoms with van der Waals surface area (Å²) >= 11 is 0. The molecule has 0 saturated carbocycles. The fourth-order valence-electron chi connectivity index (χ4n) is 1.44. The van der Waals surface area contributed by atoms with Crippen LogP contribution in [0.2, 0.25) is 0 Å². The summed E-state index contributed by atoms with van der Waals surface area (Å²) in [5.74, 6) is -0.256.